The number of hydrogen-bond acceptors (Lipinski definition) is 3. The van der Waals surface area contributed by atoms with Gasteiger partial charge < -0.3 is 5.11 Å². The van der Waals surface area contributed by atoms with Gasteiger partial charge in [0.1, 0.15) is 5.75 Å². The van der Waals surface area contributed by atoms with Crippen LogP contribution in [0, 0.1) is 11.3 Å². The molecule has 0 aliphatic heterocycles. The average molecular weight is 348 g/mol. The molecule has 2 aliphatic carbocycles. The van der Waals surface area contributed by atoms with E-state index in [4.69, 9.17) is 0 Å². The molecule has 26 heavy (non-hydrogen) atoms. The normalized spacial score (nSPS) is 28.1. The number of para-hydroxylation sites is 1. The number of carbonyl (C=O) groups is 2. The van der Waals surface area contributed by atoms with Crippen LogP contribution in [-0.2, 0) is 16.0 Å². The van der Waals surface area contributed by atoms with Crippen molar-refractivity contribution in [3.8, 4) is 5.75 Å². The van der Waals surface area contributed by atoms with Crippen molar-refractivity contribution in [1.29, 1.82) is 0 Å². The number of allylic oxidation sites excluding steroid dienone is 6. The van der Waals surface area contributed by atoms with E-state index in [9.17, 15) is 14.7 Å². The Kier molecular flexibility index (Phi) is 4.57. The fourth-order valence-corrected chi connectivity index (χ4v) is 4.54. The van der Waals surface area contributed by atoms with Crippen molar-refractivity contribution in [2.45, 2.75) is 32.6 Å². The number of fused-ring (bicyclic) bond motifs is 1. The van der Waals surface area contributed by atoms with Crippen molar-refractivity contribution in [3.05, 3.63) is 77.9 Å². The second kappa shape index (κ2) is 6.56. The predicted molar refractivity (Wildman–Crippen MR) is 103 cm³/mol. The Morgan fingerprint density at radius 3 is 2.69 bits per heavy atom. The van der Waals surface area contributed by atoms with Gasteiger partial charge in [0, 0.05) is 17.4 Å². The van der Waals surface area contributed by atoms with Crippen LogP contribution < -0.4 is 0 Å². The molecule has 0 bridgehead atoms. The van der Waals surface area contributed by atoms with E-state index in [-0.39, 0.29) is 17.3 Å². The van der Waals surface area contributed by atoms with Gasteiger partial charge in [0.15, 0.2) is 11.6 Å². The number of carbonyl (C=O) groups excluding carboxylic acids is 2. The van der Waals surface area contributed by atoms with Gasteiger partial charge in [-0.15, -0.1) is 6.58 Å². The lowest BCUT2D eigenvalue weighted by Gasteiger charge is -2.47. The molecule has 3 heteroatoms. The highest BCUT2D eigenvalue weighted by molar-refractivity contribution is 6.13. The molecule has 0 aromatic heterocycles. The number of aromatic hydroxyl groups is 1. The van der Waals surface area contributed by atoms with Crippen molar-refractivity contribution in [2.24, 2.45) is 11.3 Å². The molecule has 2 aliphatic rings. The van der Waals surface area contributed by atoms with E-state index in [0.29, 0.717) is 24.0 Å². The maximum atomic E-state index is 13.2. The zero-order valence-corrected chi connectivity index (χ0v) is 15.3. The third kappa shape index (κ3) is 2.50. The molecule has 0 radical (unpaired) electrons. The molecule has 134 valence electrons. The topological polar surface area (TPSA) is 54.4 Å². The quantitative estimate of drug-likeness (QED) is 0.818. The van der Waals surface area contributed by atoms with Gasteiger partial charge >= 0.3 is 0 Å². The molecule has 0 fully saturated rings. The average Bonchev–Trinajstić information content (AvgIpc) is 2.61. The Hall–Kier alpha value is -2.68. The number of ketones is 2. The molecule has 3 nitrogen and oxygen atoms in total. The largest absolute Gasteiger partial charge is 0.507 e. The van der Waals surface area contributed by atoms with E-state index in [0.717, 1.165) is 11.1 Å². The van der Waals surface area contributed by atoms with Crippen LogP contribution in [0.5, 0.6) is 5.75 Å². The highest BCUT2D eigenvalue weighted by atomic mass is 16.3. The SMILES string of the molecule is C=CCc1cccc([C@H]2C(C=C)=CC[C@H]3C(=O)C=C(C)C(=O)[C@@]23C)c1O. The summed E-state index contributed by atoms with van der Waals surface area (Å²) in [5, 5.41) is 10.9. The van der Waals surface area contributed by atoms with Crippen LogP contribution in [-0.4, -0.2) is 16.7 Å². The number of phenols is 1. The Bertz CT molecular complexity index is 871. The molecule has 1 N–H and O–H groups in total. The number of Topliss-reactive ketones (excluding diaryl/α,β-unsaturated/α-hetero) is 1. The minimum absolute atomic E-state index is 0.0179. The molecule has 0 saturated heterocycles. The number of phenolic OH excluding ortho intramolecular Hbond substituents is 1. The molecule has 0 heterocycles. The van der Waals surface area contributed by atoms with Crippen molar-refractivity contribution < 1.29 is 14.7 Å². The highest BCUT2D eigenvalue weighted by Crippen LogP contribution is 2.56. The van der Waals surface area contributed by atoms with Crippen LogP contribution in [0.2, 0.25) is 0 Å². The third-order valence-electron chi connectivity index (χ3n) is 5.86. The standard InChI is InChI=1S/C23H24O3/c1-5-8-16-9-7-10-17(21(16)25)20-15(6-2)11-12-18-19(24)13-14(3)22(26)23(18,20)4/h5-7,9-11,13,18,20,25H,1-2,8,12H2,3-4H3/t18-,20+,23+/m0/s1. The van der Waals surface area contributed by atoms with Crippen LogP contribution in [0.1, 0.15) is 37.3 Å². The van der Waals surface area contributed by atoms with Gasteiger partial charge in [0.05, 0.1) is 5.41 Å². The molecule has 0 unspecified atom stereocenters. The first kappa shape index (κ1) is 18.1. The minimum atomic E-state index is -0.932. The van der Waals surface area contributed by atoms with Crippen molar-refractivity contribution in [1.82, 2.24) is 0 Å². The molecule has 1 aromatic carbocycles. The van der Waals surface area contributed by atoms with E-state index in [1.165, 1.54) is 6.08 Å². The lowest BCUT2D eigenvalue weighted by Crippen LogP contribution is -2.49. The van der Waals surface area contributed by atoms with Crippen molar-refractivity contribution in [3.63, 3.8) is 0 Å². The Morgan fingerprint density at radius 1 is 1.31 bits per heavy atom. The molecular formula is C23H24O3. The molecule has 1 aromatic rings. The Morgan fingerprint density at radius 2 is 2.04 bits per heavy atom. The van der Waals surface area contributed by atoms with Gasteiger partial charge in [0.25, 0.3) is 0 Å². The van der Waals surface area contributed by atoms with Gasteiger partial charge in [-0.2, -0.15) is 0 Å². The van der Waals surface area contributed by atoms with E-state index >= 15 is 0 Å². The van der Waals surface area contributed by atoms with E-state index < -0.39 is 17.3 Å². The lowest BCUT2D eigenvalue weighted by atomic mass is 9.53. The summed E-state index contributed by atoms with van der Waals surface area (Å²) in [7, 11) is 0. The summed E-state index contributed by atoms with van der Waals surface area (Å²) in [6, 6.07) is 5.56. The zero-order chi connectivity index (χ0) is 19.1. The smallest absolute Gasteiger partial charge is 0.166 e. The zero-order valence-electron chi connectivity index (χ0n) is 15.3. The molecular weight excluding hydrogens is 324 g/mol. The second-order valence-electron chi connectivity index (χ2n) is 7.32. The maximum absolute atomic E-state index is 13.2. The molecule has 3 rings (SSSR count). The lowest BCUT2D eigenvalue weighted by molar-refractivity contribution is -0.137. The Labute approximate surface area is 154 Å². The van der Waals surface area contributed by atoms with E-state index in [1.807, 2.05) is 31.2 Å². The van der Waals surface area contributed by atoms with Gasteiger partial charge in [-0.1, -0.05) is 49.9 Å². The summed E-state index contributed by atoms with van der Waals surface area (Å²) in [4.78, 5) is 25.9. The van der Waals surface area contributed by atoms with Crippen LogP contribution in [0.4, 0.5) is 0 Å². The molecule has 0 amide bonds. The third-order valence-corrected chi connectivity index (χ3v) is 5.86. The van der Waals surface area contributed by atoms with Gasteiger partial charge in [-0.05, 0) is 42.6 Å². The van der Waals surface area contributed by atoms with Crippen LogP contribution in [0.3, 0.4) is 0 Å². The molecule has 0 saturated carbocycles. The Balaban J connectivity index is 2.26. The highest BCUT2D eigenvalue weighted by Gasteiger charge is 2.55. The van der Waals surface area contributed by atoms with Gasteiger partial charge in [-0.25, -0.2) is 0 Å². The first-order valence-electron chi connectivity index (χ1n) is 8.87. The fourth-order valence-electron chi connectivity index (χ4n) is 4.54. The second-order valence-corrected chi connectivity index (χ2v) is 7.32. The van der Waals surface area contributed by atoms with E-state index in [1.54, 1.807) is 19.1 Å². The van der Waals surface area contributed by atoms with Crippen LogP contribution >= 0.6 is 0 Å². The van der Waals surface area contributed by atoms with Crippen LogP contribution in [0.25, 0.3) is 0 Å². The summed E-state index contributed by atoms with van der Waals surface area (Å²) >= 11 is 0. The maximum Gasteiger partial charge on any atom is 0.166 e. The summed E-state index contributed by atoms with van der Waals surface area (Å²) < 4.78 is 0. The van der Waals surface area contributed by atoms with Gasteiger partial charge in [-0.3, -0.25) is 9.59 Å². The summed E-state index contributed by atoms with van der Waals surface area (Å²) in [6.07, 6.45) is 7.95. The first-order chi connectivity index (χ1) is 12.4. The van der Waals surface area contributed by atoms with Crippen molar-refractivity contribution >= 4 is 11.6 Å². The molecule has 0 spiro atoms. The summed E-state index contributed by atoms with van der Waals surface area (Å²) in [6.45, 7) is 11.2. The van der Waals surface area contributed by atoms with E-state index in [2.05, 4.69) is 13.2 Å². The van der Waals surface area contributed by atoms with Crippen LogP contribution in [0.15, 0.2) is 66.8 Å². The summed E-state index contributed by atoms with van der Waals surface area (Å²) in [5.41, 5.74) is 1.85. The molecule has 3 atom stereocenters. The number of rotatable bonds is 4. The summed E-state index contributed by atoms with van der Waals surface area (Å²) in [5.74, 6) is -0.721. The monoisotopic (exact) mass is 348 g/mol. The fraction of sp³-hybridized carbons (Fsp3) is 0.304. The first-order valence-corrected chi connectivity index (χ1v) is 8.87. The number of hydrogen-bond donors (Lipinski definition) is 1. The number of benzene rings is 1. The predicted octanol–water partition coefficient (Wildman–Crippen LogP) is 4.44. The minimum Gasteiger partial charge on any atom is -0.507 e. The van der Waals surface area contributed by atoms with Crippen molar-refractivity contribution in [2.75, 3.05) is 0 Å². The van der Waals surface area contributed by atoms with Gasteiger partial charge in [0.2, 0.25) is 0 Å².